The quantitative estimate of drug-likeness (QED) is 0.773. The molecule has 20 heavy (non-hydrogen) atoms. The van der Waals surface area contributed by atoms with E-state index in [9.17, 15) is 8.78 Å². The second-order valence-electron chi connectivity index (χ2n) is 5.10. The van der Waals surface area contributed by atoms with Crippen LogP contribution in [0.1, 0.15) is 12.8 Å². The van der Waals surface area contributed by atoms with Crippen molar-refractivity contribution >= 4 is 5.69 Å². The zero-order chi connectivity index (χ0) is 14.4. The highest BCUT2D eigenvalue weighted by Gasteiger charge is 2.18. The summed E-state index contributed by atoms with van der Waals surface area (Å²) < 4.78 is 32.2. The topological polar surface area (TPSA) is 15.7 Å². The van der Waals surface area contributed by atoms with E-state index in [0.717, 1.165) is 58.2 Å². The van der Waals surface area contributed by atoms with Gasteiger partial charge in [0.25, 0.3) is 0 Å². The maximum atomic E-state index is 13.8. The minimum absolute atomic E-state index is 0.378. The summed E-state index contributed by atoms with van der Waals surface area (Å²) >= 11 is 0. The average Bonchev–Trinajstić information content (AvgIpc) is 2.68. The van der Waals surface area contributed by atoms with Crippen LogP contribution in [-0.4, -0.2) is 51.3 Å². The Morgan fingerprint density at radius 1 is 1.15 bits per heavy atom. The van der Waals surface area contributed by atoms with Gasteiger partial charge in [-0.15, -0.1) is 0 Å². The highest BCUT2D eigenvalue weighted by atomic mass is 19.2. The lowest BCUT2D eigenvalue weighted by molar-refractivity contribution is 0.174. The molecule has 1 heterocycles. The molecule has 0 atom stereocenters. The largest absolute Gasteiger partial charge is 0.385 e. The van der Waals surface area contributed by atoms with Gasteiger partial charge in [0, 0.05) is 39.9 Å². The second-order valence-corrected chi connectivity index (χ2v) is 5.10. The minimum Gasteiger partial charge on any atom is -0.385 e. The van der Waals surface area contributed by atoms with Crippen LogP contribution in [0, 0.1) is 11.6 Å². The summed E-state index contributed by atoms with van der Waals surface area (Å²) in [4.78, 5) is 4.30. The van der Waals surface area contributed by atoms with Crippen LogP contribution in [0.25, 0.3) is 0 Å². The van der Waals surface area contributed by atoms with E-state index in [0.29, 0.717) is 5.69 Å². The van der Waals surface area contributed by atoms with E-state index in [1.54, 1.807) is 19.2 Å². The number of ether oxygens (including phenoxy) is 1. The van der Waals surface area contributed by atoms with Gasteiger partial charge in [-0.05, 0) is 31.5 Å². The molecule has 0 aromatic heterocycles. The first-order valence-electron chi connectivity index (χ1n) is 7.12. The number of anilines is 1. The SMILES string of the molecule is COCCCN1CCCN(c2cccc(F)c2F)CC1. The van der Waals surface area contributed by atoms with Crippen LogP contribution in [0.5, 0.6) is 0 Å². The van der Waals surface area contributed by atoms with Gasteiger partial charge in [-0.2, -0.15) is 0 Å². The van der Waals surface area contributed by atoms with Crippen molar-refractivity contribution in [2.24, 2.45) is 0 Å². The summed E-state index contributed by atoms with van der Waals surface area (Å²) in [5, 5.41) is 0. The van der Waals surface area contributed by atoms with E-state index in [2.05, 4.69) is 4.90 Å². The molecule has 112 valence electrons. The Labute approximate surface area is 119 Å². The molecular formula is C15H22F2N2O. The number of rotatable bonds is 5. The Morgan fingerprint density at radius 2 is 2.00 bits per heavy atom. The number of benzene rings is 1. The molecule has 2 rings (SSSR count). The van der Waals surface area contributed by atoms with Crippen LogP contribution in [0.3, 0.4) is 0 Å². The maximum Gasteiger partial charge on any atom is 0.182 e. The van der Waals surface area contributed by atoms with Crippen LogP contribution in [0.15, 0.2) is 18.2 Å². The van der Waals surface area contributed by atoms with Gasteiger partial charge in [-0.3, -0.25) is 0 Å². The molecule has 1 aromatic carbocycles. The van der Waals surface area contributed by atoms with Crippen molar-refractivity contribution < 1.29 is 13.5 Å². The van der Waals surface area contributed by atoms with Gasteiger partial charge in [0.05, 0.1) is 5.69 Å². The molecule has 1 aliphatic rings. The van der Waals surface area contributed by atoms with Crippen LogP contribution < -0.4 is 4.90 Å². The Morgan fingerprint density at radius 3 is 2.80 bits per heavy atom. The van der Waals surface area contributed by atoms with E-state index in [1.165, 1.54) is 0 Å². The maximum absolute atomic E-state index is 13.8. The molecule has 1 saturated heterocycles. The second kappa shape index (κ2) is 7.55. The van der Waals surface area contributed by atoms with Crippen LogP contribution in [0.2, 0.25) is 0 Å². The van der Waals surface area contributed by atoms with Gasteiger partial charge in [0.15, 0.2) is 11.6 Å². The number of halogens is 2. The van der Waals surface area contributed by atoms with Gasteiger partial charge in [-0.1, -0.05) is 6.07 Å². The number of nitrogens with zero attached hydrogens (tertiary/aromatic N) is 2. The molecule has 0 spiro atoms. The van der Waals surface area contributed by atoms with Crippen molar-refractivity contribution in [1.29, 1.82) is 0 Å². The van der Waals surface area contributed by atoms with Gasteiger partial charge in [-0.25, -0.2) is 8.78 Å². The fourth-order valence-corrected chi connectivity index (χ4v) is 2.60. The molecule has 1 fully saturated rings. The summed E-state index contributed by atoms with van der Waals surface area (Å²) in [6.07, 6.45) is 1.97. The zero-order valence-corrected chi connectivity index (χ0v) is 11.9. The van der Waals surface area contributed by atoms with Gasteiger partial charge < -0.3 is 14.5 Å². The van der Waals surface area contributed by atoms with E-state index >= 15 is 0 Å². The fourth-order valence-electron chi connectivity index (χ4n) is 2.60. The van der Waals surface area contributed by atoms with Gasteiger partial charge in [0.2, 0.25) is 0 Å². The third kappa shape index (κ3) is 3.90. The Bertz CT molecular complexity index is 428. The molecule has 0 bridgehead atoms. The number of methoxy groups -OCH3 is 1. The minimum atomic E-state index is -0.774. The molecule has 1 aromatic rings. The lowest BCUT2D eigenvalue weighted by Crippen LogP contribution is -2.32. The number of hydrogen-bond donors (Lipinski definition) is 0. The molecule has 0 saturated carbocycles. The first kappa shape index (κ1) is 15.2. The van der Waals surface area contributed by atoms with Crippen LogP contribution in [-0.2, 0) is 4.74 Å². The summed E-state index contributed by atoms with van der Waals surface area (Å²) in [6.45, 7) is 5.12. The molecular weight excluding hydrogens is 262 g/mol. The Kier molecular flexibility index (Phi) is 5.73. The van der Waals surface area contributed by atoms with Crippen LogP contribution in [0.4, 0.5) is 14.5 Å². The summed E-state index contributed by atoms with van der Waals surface area (Å²) in [7, 11) is 1.71. The first-order chi connectivity index (χ1) is 9.72. The van der Waals surface area contributed by atoms with Crippen LogP contribution >= 0.6 is 0 Å². The highest BCUT2D eigenvalue weighted by molar-refractivity contribution is 5.48. The van der Waals surface area contributed by atoms with Gasteiger partial charge >= 0.3 is 0 Å². The lowest BCUT2D eigenvalue weighted by atomic mass is 10.2. The monoisotopic (exact) mass is 284 g/mol. The molecule has 3 nitrogen and oxygen atoms in total. The normalized spacial score (nSPS) is 17.2. The zero-order valence-electron chi connectivity index (χ0n) is 11.9. The van der Waals surface area contributed by atoms with Crippen molar-refractivity contribution in [1.82, 2.24) is 4.90 Å². The van der Waals surface area contributed by atoms with Crippen molar-refractivity contribution in [2.45, 2.75) is 12.8 Å². The fraction of sp³-hybridized carbons (Fsp3) is 0.600. The van der Waals surface area contributed by atoms with E-state index in [4.69, 9.17) is 4.74 Å². The molecule has 0 radical (unpaired) electrons. The van der Waals surface area contributed by atoms with Crippen molar-refractivity contribution in [3.63, 3.8) is 0 Å². The molecule has 0 amide bonds. The lowest BCUT2D eigenvalue weighted by Gasteiger charge is -2.24. The standard InChI is InChI=1S/C15H22F2N2O/c1-20-12-4-8-18-7-3-9-19(11-10-18)14-6-2-5-13(16)15(14)17/h2,5-6H,3-4,7-12H2,1H3. The predicted molar refractivity (Wildman–Crippen MR) is 76.1 cm³/mol. The highest BCUT2D eigenvalue weighted by Crippen LogP contribution is 2.22. The van der Waals surface area contributed by atoms with Crippen molar-refractivity contribution in [3.8, 4) is 0 Å². The van der Waals surface area contributed by atoms with Gasteiger partial charge in [0.1, 0.15) is 0 Å². The summed E-state index contributed by atoms with van der Waals surface area (Å²) in [5.41, 5.74) is 0.378. The Balaban J connectivity index is 1.94. The predicted octanol–water partition coefficient (Wildman–Crippen LogP) is 2.51. The summed E-state index contributed by atoms with van der Waals surface area (Å²) in [5.74, 6) is -1.51. The van der Waals surface area contributed by atoms with E-state index in [-0.39, 0.29) is 0 Å². The number of hydrogen-bond acceptors (Lipinski definition) is 3. The molecule has 0 N–H and O–H groups in total. The third-order valence-electron chi connectivity index (χ3n) is 3.68. The third-order valence-corrected chi connectivity index (χ3v) is 3.68. The smallest absolute Gasteiger partial charge is 0.182 e. The average molecular weight is 284 g/mol. The van der Waals surface area contributed by atoms with Crippen molar-refractivity contribution in [3.05, 3.63) is 29.8 Å². The van der Waals surface area contributed by atoms with Crippen molar-refractivity contribution in [2.75, 3.05) is 51.3 Å². The van der Waals surface area contributed by atoms with E-state index < -0.39 is 11.6 Å². The summed E-state index contributed by atoms with van der Waals surface area (Å²) in [6, 6.07) is 4.38. The first-order valence-corrected chi connectivity index (χ1v) is 7.12. The Hall–Kier alpha value is -1.20. The molecule has 0 unspecified atom stereocenters. The molecule has 0 aliphatic carbocycles. The van der Waals surface area contributed by atoms with E-state index in [1.807, 2.05) is 4.90 Å². The molecule has 5 heteroatoms. The molecule has 1 aliphatic heterocycles.